The Morgan fingerprint density at radius 3 is 2.11 bits per heavy atom. The fraction of sp³-hybridized carbons (Fsp3) is 0.333. The summed E-state index contributed by atoms with van der Waals surface area (Å²) in [4.78, 5) is 28.9. The zero-order valence-corrected chi connectivity index (χ0v) is 23.4. The summed E-state index contributed by atoms with van der Waals surface area (Å²) in [7, 11) is 0. The molecule has 6 heteroatoms. The molecule has 0 saturated carbocycles. The Balaban J connectivity index is 1.80. The van der Waals surface area contributed by atoms with E-state index in [2.05, 4.69) is 33.4 Å². The summed E-state index contributed by atoms with van der Waals surface area (Å²) in [5.41, 5.74) is 3.28. The zero-order valence-electron chi connectivity index (χ0n) is 21.0. The number of carbonyl (C=O) groups is 2. The molecule has 0 aliphatic heterocycles. The highest BCUT2D eigenvalue weighted by Crippen LogP contribution is 2.20. The molecule has 0 saturated heterocycles. The number of amides is 2. The quantitative estimate of drug-likeness (QED) is 0.236. The van der Waals surface area contributed by atoms with Crippen LogP contribution in [0.1, 0.15) is 43.4 Å². The van der Waals surface area contributed by atoms with E-state index >= 15 is 0 Å². The molecule has 36 heavy (non-hydrogen) atoms. The third-order valence-corrected chi connectivity index (χ3v) is 7.67. The van der Waals surface area contributed by atoms with E-state index in [1.165, 1.54) is 5.56 Å². The lowest BCUT2D eigenvalue weighted by atomic mass is 10.0. The minimum atomic E-state index is -0.586. The third kappa shape index (κ3) is 9.14. The van der Waals surface area contributed by atoms with E-state index in [0.717, 1.165) is 27.8 Å². The topological polar surface area (TPSA) is 49.4 Å². The van der Waals surface area contributed by atoms with Crippen LogP contribution in [0.5, 0.6) is 0 Å². The van der Waals surface area contributed by atoms with Crippen molar-refractivity contribution in [1.82, 2.24) is 10.2 Å². The van der Waals surface area contributed by atoms with Gasteiger partial charge in [0.15, 0.2) is 0 Å². The molecule has 0 bridgehead atoms. The van der Waals surface area contributed by atoms with Crippen molar-refractivity contribution in [3.63, 3.8) is 0 Å². The number of halogens is 1. The Bertz CT molecular complexity index is 1080. The van der Waals surface area contributed by atoms with Crippen molar-refractivity contribution in [3.8, 4) is 0 Å². The lowest BCUT2D eigenvalue weighted by molar-refractivity contribution is -0.141. The Morgan fingerprint density at radius 2 is 1.50 bits per heavy atom. The fourth-order valence-electron chi connectivity index (χ4n) is 3.85. The first-order valence-electron chi connectivity index (χ1n) is 12.5. The summed E-state index contributed by atoms with van der Waals surface area (Å²) in [6.45, 7) is 4.44. The third-order valence-electron chi connectivity index (χ3n) is 6.11. The molecule has 2 amide bonds. The van der Waals surface area contributed by atoms with Crippen LogP contribution in [0.15, 0.2) is 89.4 Å². The van der Waals surface area contributed by atoms with Crippen molar-refractivity contribution in [2.24, 2.45) is 0 Å². The zero-order chi connectivity index (χ0) is 25.8. The van der Waals surface area contributed by atoms with Gasteiger partial charge in [-0.3, -0.25) is 9.59 Å². The van der Waals surface area contributed by atoms with Gasteiger partial charge in [0.2, 0.25) is 11.8 Å². The largest absolute Gasteiger partial charge is 0.352 e. The van der Waals surface area contributed by atoms with Gasteiger partial charge in [-0.1, -0.05) is 95.7 Å². The van der Waals surface area contributed by atoms with Gasteiger partial charge in [0.25, 0.3) is 0 Å². The molecule has 3 aromatic carbocycles. The van der Waals surface area contributed by atoms with Crippen LogP contribution in [0.25, 0.3) is 0 Å². The van der Waals surface area contributed by atoms with Gasteiger partial charge in [0.05, 0.1) is 0 Å². The maximum absolute atomic E-state index is 13.6. The van der Waals surface area contributed by atoms with E-state index in [1.54, 1.807) is 16.7 Å². The molecule has 0 spiro atoms. The Morgan fingerprint density at radius 1 is 0.889 bits per heavy atom. The summed E-state index contributed by atoms with van der Waals surface area (Å²) in [6.07, 6.45) is 1.69. The number of carbonyl (C=O) groups excluding carboxylic acids is 2. The van der Waals surface area contributed by atoms with Crippen LogP contribution in [0, 0.1) is 0 Å². The van der Waals surface area contributed by atoms with E-state index in [-0.39, 0.29) is 17.9 Å². The van der Waals surface area contributed by atoms with Crippen molar-refractivity contribution in [3.05, 3.63) is 106 Å². The van der Waals surface area contributed by atoms with Crippen LogP contribution in [0.2, 0.25) is 0 Å². The van der Waals surface area contributed by atoms with E-state index in [0.29, 0.717) is 25.1 Å². The predicted octanol–water partition coefficient (Wildman–Crippen LogP) is 6.63. The molecule has 0 aliphatic rings. The van der Waals surface area contributed by atoms with E-state index < -0.39 is 6.04 Å². The second-order valence-electron chi connectivity index (χ2n) is 8.96. The van der Waals surface area contributed by atoms with Gasteiger partial charge < -0.3 is 10.2 Å². The van der Waals surface area contributed by atoms with Gasteiger partial charge in [-0.2, -0.15) is 11.8 Å². The van der Waals surface area contributed by atoms with Crippen LogP contribution in [-0.4, -0.2) is 34.6 Å². The number of thioether (sulfide) groups is 1. The summed E-state index contributed by atoms with van der Waals surface area (Å²) >= 11 is 5.23. The highest BCUT2D eigenvalue weighted by molar-refractivity contribution is 9.10. The predicted molar refractivity (Wildman–Crippen MR) is 154 cm³/mol. The number of hydrogen-bond donors (Lipinski definition) is 1. The first-order chi connectivity index (χ1) is 17.5. The van der Waals surface area contributed by atoms with Crippen LogP contribution in [-0.2, 0) is 28.3 Å². The molecular formula is C30H35BrN2O2S. The lowest BCUT2D eigenvalue weighted by Crippen LogP contribution is -2.52. The summed E-state index contributed by atoms with van der Waals surface area (Å²) in [5, 5.41) is 3.12. The molecule has 0 unspecified atom stereocenters. The summed E-state index contributed by atoms with van der Waals surface area (Å²) < 4.78 is 0.983. The molecule has 2 atom stereocenters. The second kappa shape index (κ2) is 14.9. The Hall–Kier alpha value is -2.57. The molecule has 3 aromatic rings. The number of hydrogen-bond acceptors (Lipinski definition) is 3. The molecule has 3 rings (SSSR count). The molecule has 1 N–H and O–H groups in total. The van der Waals surface area contributed by atoms with Gasteiger partial charge in [0, 0.05) is 41.4 Å². The monoisotopic (exact) mass is 566 g/mol. The van der Waals surface area contributed by atoms with E-state index in [9.17, 15) is 9.59 Å². The van der Waals surface area contributed by atoms with Crippen molar-refractivity contribution >= 4 is 39.5 Å². The number of nitrogens with zero attached hydrogens (tertiary/aromatic N) is 1. The molecular weight excluding hydrogens is 532 g/mol. The normalized spacial score (nSPS) is 12.5. The van der Waals surface area contributed by atoms with Crippen molar-refractivity contribution in [2.75, 3.05) is 5.75 Å². The Labute approximate surface area is 228 Å². The summed E-state index contributed by atoms with van der Waals surface area (Å²) in [5.74, 6) is 1.47. The second-order valence-corrected chi connectivity index (χ2v) is 11.0. The summed E-state index contributed by atoms with van der Waals surface area (Å²) in [6, 6.07) is 27.6. The smallest absolute Gasteiger partial charge is 0.243 e. The maximum atomic E-state index is 13.6. The fourth-order valence-corrected chi connectivity index (χ4v) is 5.00. The van der Waals surface area contributed by atoms with E-state index in [4.69, 9.17) is 0 Å². The molecule has 4 nitrogen and oxygen atoms in total. The van der Waals surface area contributed by atoms with E-state index in [1.807, 2.05) is 86.6 Å². The standard InChI is InChI=1S/C30H35BrN2O2S/c1-3-23(2)32-30(35)28(20-24-10-6-4-7-11-24)33(21-25-14-16-27(31)17-15-25)29(34)18-19-36-22-26-12-8-5-9-13-26/h4-17,23,28H,3,18-22H2,1-2H3,(H,32,35)/t23-,28-/m0/s1. The Kier molecular flexibility index (Phi) is 11.6. The van der Waals surface area contributed by atoms with Gasteiger partial charge in [-0.05, 0) is 42.2 Å². The highest BCUT2D eigenvalue weighted by atomic mass is 79.9. The van der Waals surface area contributed by atoms with Crippen molar-refractivity contribution < 1.29 is 9.59 Å². The molecule has 0 radical (unpaired) electrons. The SMILES string of the molecule is CC[C@H](C)NC(=O)[C@H](Cc1ccccc1)N(Cc1ccc(Br)cc1)C(=O)CCSCc1ccccc1. The van der Waals surface area contributed by atoms with Crippen LogP contribution < -0.4 is 5.32 Å². The first kappa shape index (κ1) is 28.0. The highest BCUT2D eigenvalue weighted by Gasteiger charge is 2.30. The number of rotatable bonds is 13. The average molecular weight is 568 g/mol. The molecule has 0 aromatic heterocycles. The van der Waals surface area contributed by atoms with Gasteiger partial charge >= 0.3 is 0 Å². The minimum Gasteiger partial charge on any atom is -0.352 e. The molecule has 0 aliphatic carbocycles. The lowest BCUT2D eigenvalue weighted by Gasteiger charge is -2.32. The maximum Gasteiger partial charge on any atom is 0.243 e. The van der Waals surface area contributed by atoms with Crippen molar-refractivity contribution in [1.29, 1.82) is 0 Å². The van der Waals surface area contributed by atoms with Crippen LogP contribution in [0.3, 0.4) is 0 Å². The number of benzene rings is 3. The molecule has 190 valence electrons. The molecule has 0 fully saturated rings. The van der Waals surface area contributed by atoms with Gasteiger partial charge in [0.1, 0.15) is 6.04 Å². The van der Waals surface area contributed by atoms with Crippen LogP contribution in [0.4, 0.5) is 0 Å². The first-order valence-corrected chi connectivity index (χ1v) is 14.4. The van der Waals surface area contributed by atoms with Gasteiger partial charge in [-0.15, -0.1) is 0 Å². The molecule has 0 heterocycles. The number of nitrogens with one attached hydrogen (secondary N) is 1. The van der Waals surface area contributed by atoms with Crippen molar-refractivity contribution in [2.45, 2.75) is 57.5 Å². The minimum absolute atomic E-state index is 0.00119. The van der Waals surface area contributed by atoms with Gasteiger partial charge in [-0.25, -0.2) is 0 Å². The van der Waals surface area contributed by atoms with Crippen LogP contribution >= 0.6 is 27.7 Å². The average Bonchev–Trinajstić information content (AvgIpc) is 2.90.